The molecule has 0 N–H and O–H groups in total. The molecule has 0 spiro atoms. The van der Waals surface area contributed by atoms with E-state index in [1.165, 1.54) is 11.3 Å². The van der Waals surface area contributed by atoms with Crippen molar-refractivity contribution in [2.24, 2.45) is 0 Å². The average molecular weight is 178 g/mol. The van der Waals surface area contributed by atoms with Gasteiger partial charge in [-0.3, -0.25) is 0 Å². The van der Waals surface area contributed by atoms with Gasteiger partial charge in [0.25, 0.3) is 0 Å². The number of aryl methyl sites for hydroxylation is 1. The summed E-state index contributed by atoms with van der Waals surface area (Å²) in [6, 6.07) is 1.78. The lowest BCUT2D eigenvalue weighted by Crippen LogP contribution is -1.84. The molecule has 5 heteroatoms. The number of rotatable bonds is 1. The standard InChI is InChI=1S/C7H6N4S/c1-5-10-11-7(12-5)6-8-3-2-4-9-6/h2-4H,1H3. The Bertz CT molecular complexity index is 370. The van der Waals surface area contributed by atoms with Crippen molar-refractivity contribution in [1.82, 2.24) is 20.2 Å². The topological polar surface area (TPSA) is 51.6 Å². The lowest BCUT2D eigenvalue weighted by molar-refractivity contribution is 1.03. The Morgan fingerprint density at radius 1 is 1.17 bits per heavy atom. The first kappa shape index (κ1) is 7.30. The van der Waals surface area contributed by atoms with Crippen LogP contribution in [0.15, 0.2) is 18.5 Å². The molecule has 0 bridgehead atoms. The highest BCUT2D eigenvalue weighted by atomic mass is 32.1. The van der Waals surface area contributed by atoms with Crippen LogP contribution in [0.4, 0.5) is 0 Å². The first-order valence-electron chi connectivity index (χ1n) is 3.44. The van der Waals surface area contributed by atoms with Gasteiger partial charge in [0.1, 0.15) is 5.01 Å². The number of hydrogen-bond donors (Lipinski definition) is 0. The zero-order valence-corrected chi connectivity index (χ0v) is 7.25. The van der Waals surface area contributed by atoms with Crippen molar-refractivity contribution in [3.05, 3.63) is 23.5 Å². The first-order chi connectivity index (χ1) is 5.86. The van der Waals surface area contributed by atoms with Crippen molar-refractivity contribution in [2.75, 3.05) is 0 Å². The van der Waals surface area contributed by atoms with Crippen LogP contribution in [0.5, 0.6) is 0 Å². The molecule has 60 valence electrons. The van der Waals surface area contributed by atoms with E-state index in [2.05, 4.69) is 20.2 Å². The summed E-state index contributed by atoms with van der Waals surface area (Å²) in [5, 5.41) is 9.51. The van der Waals surface area contributed by atoms with Gasteiger partial charge < -0.3 is 0 Å². The lowest BCUT2D eigenvalue weighted by atomic mass is 10.6. The Balaban J connectivity index is 2.45. The van der Waals surface area contributed by atoms with Gasteiger partial charge in [0.2, 0.25) is 0 Å². The van der Waals surface area contributed by atoms with Crippen LogP contribution in [-0.4, -0.2) is 20.2 Å². The monoisotopic (exact) mass is 178 g/mol. The summed E-state index contributed by atoms with van der Waals surface area (Å²) >= 11 is 1.49. The maximum Gasteiger partial charge on any atom is 0.190 e. The van der Waals surface area contributed by atoms with Gasteiger partial charge in [0.15, 0.2) is 10.8 Å². The summed E-state index contributed by atoms with van der Waals surface area (Å²) < 4.78 is 0. The van der Waals surface area contributed by atoms with E-state index in [0.29, 0.717) is 5.82 Å². The van der Waals surface area contributed by atoms with Crippen molar-refractivity contribution in [1.29, 1.82) is 0 Å². The van der Waals surface area contributed by atoms with Crippen LogP contribution < -0.4 is 0 Å². The van der Waals surface area contributed by atoms with E-state index in [1.54, 1.807) is 18.5 Å². The highest BCUT2D eigenvalue weighted by Crippen LogP contribution is 2.17. The largest absolute Gasteiger partial charge is 0.234 e. The first-order valence-corrected chi connectivity index (χ1v) is 4.25. The molecule has 4 nitrogen and oxygen atoms in total. The second-order valence-corrected chi connectivity index (χ2v) is 3.38. The minimum Gasteiger partial charge on any atom is -0.234 e. The molecule has 0 saturated carbocycles. The fourth-order valence-electron chi connectivity index (χ4n) is 0.796. The Morgan fingerprint density at radius 3 is 2.50 bits per heavy atom. The third-order valence-electron chi connectivity index (χ3n) is 1.28. The van der Waals surface area contributed by atoms with E-state index in [9.17, 15) is 0 Å². The van der Waals surface area contributed by atoms with Crippen LogP contribution in [0.2, 0.25) is 0 Å². The number of nitrogens with zero attached hydrogens (tertiary/aromatic N) is 4. The van der Waals surface area contributed by atoms with E-state index < -0.39 is 0 Å². The van der Waals surface area contributed by atoms with Gasteiger partial charge in [-0.2, -0.15) is 0 Å². The normalized spacial score (nSPS) is 10.1. The van der Waals surface area contributed by atoms with Crippen LogP contribution in [0.1, 0.15) is 5.01 Å². The van der Waals surface area contributed by atoms with Gasteiger partial charge in [0.05, 0.1) is 0 Å². The second-order valence-electron chi connectivity index (χ2n) is 2.20. The molecular weight excluding hydrogens is 172 g/mol. The smallest absolute Gasteiger partial charge is 0.190 e. The molecule has 0 fully saturated rings. The van der Waals surface area contributed by atoms with E-state index >= 15 is 0 Å². The average Bonchev–Trinajstić information content (AvgIpc) is 2.54. The summed E-state index contributed by atoms with van der Waals surface area (Å²) in [6.07, 6.45) is 3.39. The number of hydrogen-bond acceptors (Lipinski definition) is 5. The van der Waals surface area contributed by atoms with Crippen LogP contribution in [-0.2, 0) is 0 Å². The van der Waals surface area contributed by atoms with Gasteiger partial charge in [0, 0.05) is 12.4 Å². The molecular formula is C7H6N4S. The van der Waals surface area contributed by atoms with Gasteiger partial charge in [-0.15, -0.1) is 10.2 Å². The van der Waals surface area contributed by atoms with Crippen molar-refractivity contribution in [3.63, 3.8) is 0 Å². The molecule has 2 heterocycles. The van der Waals surface area contributed by atoms with Crippen LogP contribution in [0.3, 0.4) is 0 Å². The lowest BCUT2D eigenvalue weighted by Gasteiger charge is -1.88. The molecule has 0 aliphatic heterocycles. The molecule has 2 aromatic heterocycles. The van der Waals surface area contributed by atoms with Crippen LogP contribution >= 0.6 is 11.3 Å². The fraction of sp³-hybridized carbons (Fsp3) is 0.143. The van der Waals surface area contributed by atoms with Gasteiger partial charge in [-0.05, 0) is 13.0 Å². The molecule has 12 heavy (non-hydrogen) atoms. The molecule has 0 unspecified atom stereocenters. The molecule has 0 amide bonds. The summed E-state index contributed by atoms with van der Waals surface area (Å²) in [5.41, 5.74) is 0. The molecule has 0 aromatic carbocycles. The Morgan fingerprint density at radius 2 is 1.92 bits per heavy atom. The Kier molecular flexibility index (Phi) is 1.79. The van der Waals surface area contributed by atoms with E-state index in [0.717, 1.165) is 10.0 Å². The third-order valence-corrected chi connectivity index (χ3v) is 2.12. The molecule has 2 rings (SSSR count). The van der Waals surface area contributed by atoms with Gasteiger partial charge in [-0.25, -0.2) is 9.97 Å². The minimum absolute atomic E-state index is 0.642. The Labute approximate surface area is 73.3 Å². The van der Waals surface area contributed by atoms with E-state index in [-0.39, 0.29) is 0 Å². The van der Waals surface area contributed by atoms with Crippen molar-refractivity contribution < 1.29 is 0 Å². The predicted octanol–water partition coefficient (Wildman–Crippen LogP) is 1.30. The summed E-state index contributed by atoms with van der Waals surface area (Å²) in [5.74, 6) is 0.642. The summed E-state index contributed by atoms with van der Waals surface area (Å²) in [7, 11) is 0. The van der Waals surface area contributed by atoms with Crippen molar-refractivity contribution in [3.8, 4) is 10.8 Å². The molecule has 0 atom stereocenters. The highest BCUT2D eigenvalue weighted by Gasteiger charge is 2.04. The van der Waals surface area contributed by atoms with Gasteiger partial charge >= 0.3 is 0 Å². The molecule has 0 saturated heterocycles. The van der Waals surface area contributed by atoms with Crippen LogP contribution in [0.25, 0.3) is 10.8 Å². The molecule has 0 aliphatic carbocycles. The zero-order chi connectivity index (χ0) is 8.39. The van der Waals surface area contributed by atoms with Gasteiger partial charge in [-0.1, -0.05) is 11.3 Å². The van der Waals surface area contributed by atoms with E-state index in [4.69, 9.17) is 0 Å². The quantitative estimate of drug-likeness (QED) is 0.660. The fourth-order valence-corrected chi connectivity index (χ4v) is 1.44. The molecule has 2 aromatic rings. The Hall–Kier alpha value is -1.36. The molecule has 0 radical (unpaired) electrons. The van der Waals surface area contributed by atoms with Crippen molar-refractivity contribution in [2.45, 2.75) is 6.92 Å². The molecule has 0 aliphatic rings. The zero-order valence-electron chi connectivity index (χ0n) is 6.43. The second kappa shape index (κ2) is 2.94. The van der Waals surface area contributed by atoms with Crippen LogP contribution in [0, 0.1) is 6.92 Å². The third kappa shape index (κ3) is 1.31. The highest BCUT2D eigenvalue weighted by molar-refractivity contribution is 7.14. The predicted molar refractivity (Wildman–Crippen MR) is 45.7 cm³/mol. The number of aromatic nitrogens is 4. The minimum atomic E-state index is 0.642. The van der Waals surface area contributed by atoms with Crippen molar-refractivity contribution >= 4 is 11.3 Å². The SMILES string of the molecule is Cc1nnc(-c2ncccn2)s1. The maximum absolute atomic E-state index is 4.06. The maximum atomic E-state index is 4.06. The summed E-state index contributed by atoms with van der Waals surface area (Å²) in [6.45, 7) is 1.91. The summed E-state index contributed by atoms with van der Waals surface area (Å²) in [4.78, 5) is 8.12. The van der Waals surface area contributed by atoms with E-state index in [1.807, 2.05) is 6.92 Å².